The predicted molar refractivity (Wildman–Crippen MR) is 95.0 cm³/mol. The summed E-state index contributed by atoms with van der Waals surface area (Å²) in [5, 5.41) is 11.9. The molecule has 0 saturated heterocycles. The molecule has 1 aliphatic rings. The number of nitrogens with two attached hydrogens (primary N) is 1. The smallest absolute Gasteiger partial charge is 0.230 e. The van der Waals surface area contributed by atoms with Crippen LogP contribution in [-0.2, 0) is 11.3 Å². The Morgan fingerprint density at radius 3 is 2.71 bits per heavy atom. The molecule has 0 unspecified atom stereocenters. The van der Waals surface area contributed by atoms with Crippen LogP contribution in [0.2, 0.25) is 0 Å². The molecule has 1 saturated carbocycles. The second-order valence-corrected chi connectivity index (χ2v) is 7.04. The van der Waals surface area contributed by atoms with Crippen LogP contribution >= 0.6 is 11.8 Å². The monoisotopic (exact) mass is 345 g/mol. The first-order valence-corrected chi connectivity index (χ1v) is 9.36. The Labute approximate surface area is 146 Å². The molecule has 0 atom stereocenters. The van der Waals surface area contributed by atoms with Gasteiger partial charge < -0.3 is 11.2 Å². The van der Waals surface area contributed by atoms with Crippen molar-refractivity contribution in [3.63, 3.8) is 0 Å². The van der Waals surface area contributed by atoms with Gasteiger partial charge in [0.25, 0.3) is 0 Å². The summed E-state index contributed by atoms with van der Waals surface area (Å²) in [5.74, 6) is 7.62. The molecule has 1 amide bonds. The van der Waals surface area contributed by atoms with Crippen molar-refractivity contribution in [3.05, 3.63) is 41.7 Å². The molecule has 1 aromatic heterocycles. The Morgan fingerprint density at radius 1 is 1.21 bits per heavy atom. The third-order valence-corrected chi connectivity index (χ3v) is 5.27. The second kappa shape index (κ2) is 8.19. The maximum atomic E-state index is 12.0. The largest absolute Gasteiger partial charge is 0.351 e. The van der Waals surface area contributed by atoms with Crippen LogP contribution < -0.4 is 11.2 Å². The summed E-state index contributed by atoms with van der Waals surface area (Å²) in [6.45, 7) is 0.531. The van der Waals surface area contributed by atoms with Crippen LogP contribution in [0.4, 0.5) is 0 Å². The van der Waals surface area contributed by atoms with E-state index in [1.54, 1.807) is 4.68 Å². The lowest BCUT2D eigenvalue weighted by atomic mass is 9.89. The number of amides is 1. The first-order chi connectivity index (χ1) is 11.7. The van der Waals surface area contributed by atoms with Crippen molar-refractivity contribution < 1.29 is 4.79 Å². The zero-order valence-electron chi connectivity index (χ0n) is 13.6. The topological polar surface area (TPSA) is 85.8 Å². The zero-order valence-corrected chi connectivity index (χ0v) is 14.5. The molecule has 0 spiro atoms. The van der Waals surface area contributed by atoms with Crippen LogP contribution in [0.15, 0.2) is 35.5 Å². The summed E-state index contributed by atoms with van der Waals surface area (Å²) >= 11 is 1.33. The van der Waals surface area contributed by atoms with Gasteiger partial charge in [0.2, 0.25) is 11.1 Å². The minimum absolute atomic E-state index is 0.0360. The number of carbonyl (C=O) groups excluding carboxylic acids is 1. The lowest BCUT2D eigenvalue weighted by Crippen LogP contribution is -2.25. The van der Waals surface area contributed by atoms with E-state index in [1.807, 2.05) is 30.3 Å². The summed E-state index contributed by atoms with van der Waals surface area (Å²) in [6.07, 6.45) is 5.98. The first kappa shape index (κ1) is 16.8. The van der Waals surface area contributed by atoms with E-state index in [4.69, 9.17) is 5.84 Å². The molecule has 1 heterocycles. The van der Waals surface area contributed by atoms with Gasteiger partial charge in [0.15, 0.2) is 5.82 Å². The fraction of sp³-hybridized carbons (Fsp3) is 0.471. The highest BCUT2D eigenvalue weighted by Crippen LogP contribution is 2.32. The summed E-state index contributed by atoms with van der Waals surface area (Å²) in [7, 11) is 0. The van der Waals surface area contributed by atoms with E-state index in [9.17, 15) is 4.79 Å². The number of hydrogen-bond acceptors (Lipinski definition) is 5. The summed E-state index contributed by atoms with van der Waals surface area (Å²) in [4.78, 5) is 12.0. The molecule has 0 bridgehead atoms. The molecule has 2 aromatic rings. The minimum Gasteiger partial charge on any atom is -0.351 e. The van der Waals surface area contributed by atoms with Crippen molar-refractivity contribution in [2.45, 2.75) is 49.7 Å². The molecule has 1 fully saturated rings. The van der Waals surface area contributed by atoms with E-state index < -0.39 is 0 Å². The van der Waals surface area contributed by atoms with Crippen molar-refractivity contribution in [2.24, 2.45) is 0 Å². The number of rotatable bonds is 6. The average molecular weight is 345 g/mol. The molecule has 6 nitrogen and oxygen atoms in total. The Balaban J connectivity index is 1.49. The molecule has 7 heteroatoms. The van der Waals surface area contributed by atoms with E-state index in [-0.39, 0.29) is 11.7 Å². The van der Waals surface area contributed by atoms with Crippen LogP contribution in [0, 0.1) is 0 Å². The number of thioether (sulfide) groups is 1. The number of nitrogen functional groups attached to an aromatic ring is 1. The maximum Gasteiger partial charge on any atom is 0.230 e. The maximum absolute atomic E-state index is 12.0. The van der Waals surface area contributed by atoms with Gasteiger partial charge in [0, 0.05) is 12.5 Å². The number of hydrogen-bond donors (Lipinski definition) is 2. The third kappa shape index (κ3) is 4.29. The summed E-state index contributed by atoms with van der Waals surface area (Å²) in [6, 6.07) is 9.85. The molecule has 1 aromatic carbocycles. The van der Waals surface area contributed by atoms with Gasteiger partial charge in [-0.15, -0.1) is 10.2 Å². The number of aromatic nitrogens is 3. The van der Waals surface area contributed by atoms with E-state index in [0.29, 0.717) is 17.6 Å². The van der Waals surface area contributed by atoms with Gasteiger partial charge in [-0.2, -0.15) is 0 Å². The molecule has 0 radical (unpaired) electrons. The molecule has 1 aliphatic carbocycles. The molecule has 3 rings (SSSR count). The average Bonchev–Trinajstić information content (AvgIpc) is 3.00. The number of nitrogens with zero attached hydrogens (tertiary/aromatic N) is 3. The molecule has 3 N–H and O–H groups in total. The van der Waals surface area contributed by atoms with Crippen LogP contribution in [0.25, 0.3) is 0 Å². The van der Waals surface area contributed by atoms with E-state index in [0.717, 1.165) is 24.2 Å². The molecular weight excluding hydrogens is 322 g/mol. The Hall–Kier alpha value is -2.02. The number of carbonyl (C=O) groups is 1. The van der Waals surface area contributed by atoms with Gasteiger partial charge in [-0.3, -0.25) is 4.79 Å². The molecular formula is C17H23N5OS. The van der Waals surface area contributed by atoms with Gasteiger partial charge >= 0.3 is 0 Å². The number of benzene rings is 1. The SMILES string of the molecule is Nn1c(SCC(=O)NCc2ccccc2)nnc1C1CCCCC1. The summed E-state index contributed by atoms with van der Waals surface area (Å²) < 4.78 is 1.56. The predicted octanol–water partition coefficient (Wildman–Crippen LogP) is 2.45. The lowest BCUT2D eigenvalue weighted by molar-refractivity contribution is -0.118. The van der Waals surface area contributed by atoms with E-state index in [1.165, 1.54) is 31.0 Å². The molecule has 24 heavy (non-hydrogen) atoms. The highest BCUT2D eigenvalue weighted by atomic mass is 32.2. The number of nitrogens with one attached hydrogen (secondary N) is 1. The van der Waals surface area contributed by atoms with Crippen LogP contribution in [0.1, 0.15) is 49.4 Å². The van der Waals surface area contributed by atoms with Gasteiger partial charge in [-0.05, 0) is 18.4 Å². The van der Waals surface area contributed by atoms with Gasteiger partial charge in [-0.25, -0.2) is 4.68 Å². The Bertz CT molecular complexity index is 667. The fourth-order valence-corrected chi connectivity index (χ4v) is 3.70. The first-order valence-electron chi connectivity index (χ1n) is 8.38. The van der Waals surface area contributed by atoms with Crippen LogP contribution in [-0.4, -0.2) is 26.5 Å². The van der Waals surface area contributed by atoms with Crippen LogP contribution in [0.5, 0.6) is 0 Å². The normalized spacial score (nSPS) is 15.3. The second-order valence-electron chi connectivity index (χ2n) is 6.10. The van der Waals surface area contributed by atoms with Crippen molar-refractivity contribution in [3.8, 4) is 0 Å². The highest BCUT2D eigenvalue weighted by Gasteiger charge is 2.22. The van der Waals surface area contributed by atoms with Crippen molar-refractivity contribution in [1.82, 2.24) is 20.2 Å². The highest BCUT2D eigenvalue weighted by molar-refractivity contribution is 7.99. The Kier molecular flexibility index (Phi) is 5.74. The quantitative estimate of drug-likeness (QED) is 0.620. The van der Waals surface area contributed by atoms with Crippen molar-refractivity contribution in [1.29, 1.82) is 0 Å². The van der Waals surface area contributed by atoms with E-state index in [2.05, 4.69) is 15.5 Å². The standard InChI is InChI=1S/C17H23N5OS/c18-22-16(14-9-5-2-6-10-14)20-21-17(22)24-12-15(23)19-11-13-7-3-1-4-8-13/h1,3-4,7-8,14H,2,5-6,9-12,18H2,(H,19,23). The zero-order chi connectivity index (χ0) is 16.8. The summed E-state index contributed by atoms with van der Waals surface area (Å²) in [5.41, 5.74) is 1.08. The lowest BCUT2D eigenvalue weighted by Gasteiger charge is -2.20. The molecule has 128 valence electrons. The van der Waals surface area contributed by atoms with Crippen molar-refractivity contribution >= 4 is 17.7 Å². The van der Waals surface area contributed by atoms with Gasteiger partial charge in [0.1, 0.15) is 0 Å². The minimum atomic E-state index is -0.0360. The third-order valence-electron chi connectivity index (χ3n) is 4.33. The van der Waals surface area contributed by atoms with E-state index >= 15 is 0 Å². The van der Waals surface area contributed by atoms with Crippen molar-refractivity contribution in [2.75, 3.05) is 11.6 Å². The molecule has 0 aliphatic heterocycles. The van der Waals surface area contributed by atoms with Gasteiger partial charge in [-0.1, -0.05) is 61.4 Å². The van der Waals surface area contributed by atoms with Gasteiger partial charge in [0.05, 0.1) is 5.75 Å². The van der Waals surface area contributed by atoms with Crippen LogP contribution in [0.3, 0.4) is 0 Å². The fourth-order valence-electron chi connectivity index (χ4n) is 3.00. The Morgan fingerprint density at radius 2 is 1.96 bits per heavy atom.